The molecule has 18 heavy (non-hydrogen) atoms. The highest BCUT2D eigenvalue weighted by molar-refractivity contribution is 7.90. The van der Waals surface area contributed by atoms with Crippen LogP contribution >= 0.6 is 0 Å². The van der Waals surface area contributed by atoms with Crippen molar-refractivity contribution < 1.29 is 12.8 Å². The van der Waals surface area contributed by atoms with E-state index in [-0.39, 0.29) is 11.8 Å². The number of nitrogens with two attached hydrogens (primary N) is 2. The molecule has 1 unspecified atom stereocenters. The third-order valence-electron chi connectivity index (χ3n) is 2.63. The number of nitrogens with one attached hydrogen (secondary N) is 1. The average molecular weight is 275 g/mol. The normalized spacial score (nSPS) is 13.5. The summed E-state index contributed by atoms with van der Waals surface area (Å²) in [4.78, 5) is 0. The summed E-state index contributed by atoms with van der Waals surface area (Å²) in [6.07, 6.45) is 2.08. The Hall–Kier alpha value is -1.18. The Labute approximate surface area is 106 Å². The fourth-order valence-corrected chi connectivity index (χ4v) is 2.42. The molecule has 1 rings (SSSR count). The number of halogens is 1. The van der Waals surface area contributed by atoms with Gasteiger partial charge in [-0.15, -0.1) is 0 Å². The molecule has 0 bridgehead atoms. The number of hydrazine groups is 1. The van der Waals surface area contributed by atoms with Crippen molar-refractivity contribution in [3.8, 4) is 0 Å². The van der Waals surface area contributed by atoms with Crippen molar-refractivity contribution in [2.75, 3.05) is 17.7 Å². The lowest BCUT2D eigenvalue weighted by molar-refractivity contribution is 0.505. The molecule has 0 heterocycles. The van der Waals surface area contributed by atoms with E-state index in [1.807, 2.05) is 0 Å². The SMILES string of the molecule is CS(=O)(=O)CCCC(NN)c1cc(F)ccc1N. The van der Waals surface area contributed by atoms with Crippen LogP contribution in [0.1, 0.15) is 24.4 Å². The van der Waals surface area contributed by atoms with Gasteiger partial charge < -0.3 is 5.73 Å². The van der Waals surface area contributed by atoms with E-state index in [4.69, 9.17) is 11.6 Å². The summed E-state index contributed by atoms with van der Waals surface area (Å²) in [5, 5.41) is 0. The molecule has 0 fully saturated rings. The molecule has 1 aromatic carbocycles. The van der Waals surface area contributed by atoms with Crippen LogP contribution in [-0.2, 0) is 9.84 Å². The zero-order chi connectivity index (χ0) is 13.8. The van der Waals surface area contributed by atoms with E-state index in [2.05, 4.69) is 5.43 Å². The molecule has 0 amide bonds. The van der Waals surface area contributed by atoms with Gasteiger partial charge in [0.25, 0.3) is 0 Å². The standard InChI is InChI=1S/C11H18FN3O2S/c1-18(16,17)6-2-3-11(15-14)9-7-8(12)4-5-10(9)13/h4-5,7,11,15H,2-3,6,13-14H2,1H3. The highest BCUT2D eigenvalue weighted by Crippen LogP contribution is 2.24. The second-order valence-electron chi connectivity index (χ2n) is 4.26. The van der Waals surface area contributed by atoms with E-state index in [9.17, 15) is 12.8 Å². The molecule has 0 aliphatic carbocycles. The molecule has 0 spiro atoms. The second-order valence-corrected chi connectivity index (χ2v) is 6.52. The van der Waals surface area contributed by atoms with Gasteiger partial charge in [-0.05, 0) is 36.6 Å². The third kappa shape index (κ3) is 4.59. The van der Waals surface area contributed by atoms with E-state index in [0.29, 0.717) is 24.1 Å². The smallest absolute Gasteiger partial charge is 0.147 e. The fourth-order valence-electron chi connectivity index (χ4n) is 1.73. The lowest BCUT2D eigenvalue weighted by atomic mass is 10.0. The van der Waals surface area contributed by atoms with Gasteiger partial charge in [0, 0.05) is 23.7 Å². The van der Waals surface area contributed by atoms with Crippen LogP contribution in [0.5, 0.6) is 0 Å². The van der Waals surface area contributed by atoms with E-state index >= 15 is 0 Å². The van der Waals surface area contributed by atoms with Gasteiger partial charge in [0.1, 0.15) is 15.7 Å². The molecule has 5 N–H and O–H groups in total. The van der Waals surface area contributed by atoms with Crippen molar-refractivity contribution in [1.29, 1.82) is 0 Å². The van der Waals surface area contributed by atoms with Crippen LogP contribution in [0.15, 0.2) is 18.2 Å². The predicted molar refractivity (Wildman–Crippen MR) is 69.8 cm³/mol. The molecule has 0 aromatic heterocycles. The van der Waals surface area contributed by atoms with Crippen molar-refractivity contribution in [3.05, 3.63) is 29.6 Å². The third-order valence-corrected chi connectivity index (χ3v) is 3.66. The first-order valence-electron chi connectivity index (χ1n) is 5.52. The Bertz CT molecular complexity index is 505. The predicted octanol–water partition coefficient (Wildman–Crippen LogP) is 0.737. The molecule has 5 nitrogen and oxygen atoms in total. The largest absolute Gasteiger partial charge is 0.398 e. The monoisotopic (exact) mass is 275 g/mol. The highest BCUT2D eigenvalue weighted by Gasteiger charge is 2.14. The van der Waals surface area contributed by atoms with Crippen molar-refractivity contribution in [1.82, 2.24) is 5.43 Å². The van der Waals surface area contributed by atoms with E-state index < -0.39 is 15.7 Å². The van der Waals surface area contributed by atoms with Crippen LogP contribution in [-0.4, -0.2) is 20.4 Å². The lowest BCUT2D eigenvalue weighted by Gasteiger charge is -2.18. The Kier molecular flexibility index (Phi) is 5.06. The number of anilines is 1. The van der Waals surface area contributed by atoms with Gasteiger partial charge >= 0.3 is 0 Å². The fraction of sp³-hybridized carbons (Fsp3) is 0.455. The van der Waals surface area contributed by atoms with Crippen molar-refractivity contribution in [3.63, 3.8) is 0 Å². The Morgan fingerprint density at radius 3 is 2.67 bits per heavy atom. The first kappa shape index (κ1) is 14.9. The van der Waals surface area contributed by atoms with Crippen LogP contribution in [0.2, 0.25) is 0 Å². The number of hydrogen-bond donors (Lipinski definition) is 3. The van der Waals surface area contributed by atoms with Crippen LogP contribution in [0, 0.1) is 5.82 Å². The van der Waals surface area contributed by atoms with Crippen LogP contribution in [0.4, 0.5) is 10.1 Å². The molecule has 7 heteroatoms. The van der Waals surface area contributed by atoms with Gasteiger partial charge in [0.05, 0.1) is 0 Å². The molecule has 0 saturated heterocycles. The number of benzene rings is 1. The number of hydrogen-bond acceptors (Lipinski definition) is 5. The van der Waals surface area contributed by atoms with Crippen molar-refractivity contribution in [2.45, 2.75) is 18.9 Å². The van der Waals surface area contributed by atoms with Gasteiger partial charge in [0.15, 0.2) is 0 Å². The summed E-state index contributed by atoms with van der Waals surface area (Å²) in [5.41, 5.74) is 9.25. The minimum atomic E-state index is -3.00. The molecule has 0 aliphatic heterocycles. The number of sulfone groups is 1. The summed E-state index contributed by atoms with van der Waals surface area (Å²) < 4.78 is 35.2. The van der Waals surface area contributed by atoms with Crippen LogP contribution in [0.25, 0.3) is 0 Å². The Morgan fingerprint density at radius 1 is 1.44 bits per heavy atom. The Balaban J connectivity index is 2.74. The van der Waals surface area contributed by atoms with Gasteiger partial charge in [0.2, 0.25) is 0 Å². The summed E-state index contributed by atoms with van der Waals surface area (Å²) in [6, 6.07) is 3.68. The highest BCUT2D eigenvalue weighted by atomic mass is 32.2. The first-order valence-corrected chi connectivity index (χ1v) is 7.58. The summed E-state index contributed by atoms with van der Waals surface area (Å²) >= 11 is 0. The maximum atomic E-state index is 13.1. The number of rotatable bonds is 6. The van der Waals surface area contributed by atoms with E-state index in [1.165, 1.54) is 24.5 Å². The van der Waals surface area contributed by atoms with Gasteiger partial charge in [-0.1, -0.05) is 0 Å². The van der Waals surface area contributed by atoms with Gasteiger partial charge in [-0.25, -0.2) is 12.8 Å². The zero-order valence-corrected chi connectivity index (χ0v) is 11.0. The molecule has 0 aliphatic rings. The molecule has 1 aromatic rings. The molecule has 0 saturated carbocycles. The average Bonchev–Trinajstić information content (AvgIpc) is 2.27. The molecule has 0 radical (unpaired) electrons. The molecular formula is C11H18FN3O2S. The molecular weight excluding hydrogens is 257 g/mol. The molecule has 102 valence electrons. The summed E-state index contributed by atoms with van der Waals surface area (Å²) in [6.45, 7) is 0. The quantitative estimate of drug-likeness (QED) is 0.404. The van der Waals surface area contributed by atoms with Gasteiger partial charge in [-0.2, -0.15) is 0 Å². The molecule has 1 atom stereocenters. The summed E-state index contributed by atoms with van der Waals surface area (Å²) in [7, 11) is -3.00. The van der Waals surface area contributed by atoms with E-state index in [0.717, 1.165) is 0 Å². The topological polar surface area (TPSA) is 98.2 Å². The van der Waals surface area contributed by atoms with E-state index in [1.54, 1.807) is 0 Å². The van der Waals surface area contributed by atoms with Crippen molar-refractivity contribution in [2.24, 2.45) is 5.84 Å². The minimum absolute atomic E-state index is 0.0698. The van der Waals surface area contributed by atoms with Gasteiger partial charge in [-0.3, -0.25) is 11.3 Å². The summed E-state index contributed by atoms with van der Waals surface area (Å²) in [5.74, 6) is 5.07. The minimum Gasteiger partial charge on any atom is -0.398 e. The first-order chi connectivity index (χ1) is 8.33. The Morgan fingerprint density at radius 2 is 2.11 bits per heavy atom. The lowest BCUT2D eigenvalue weighted by Crippen LogP contribution is -2.29. The number of nitrogen functional groups attached to an aromatic ring is 1. The van der Waals surface area contributed by atoms with Crippen LogP contribution in [0.3, 0.4) is 0 Å². The van der Waals surface area contributed by atoms with Crippen LogP contribution < -0.4 is 17.0 Å². The zero-order valence-electron chi connectivity index (χ0n) is 10.2. The van der Waals surface area contributed by atoms with Crippen molar-refractivity contribution >= 4 is 15.5 Å². The maximum Gasteiger partial charge on any atom is 0.147 e. The second kappa shape index (κ2) is 6.12. The maximum absolute atomic E-state index is 13.1.